The number of aliphatic hydroxyl groups excluding tert-OH is 1. The molecule has 0 saturated carbocycles. The van der Waals surface area contributed by atoms with Crippen molar-refractivity contribution in [2.45, 2.75) is 439 Å². The molecule has 0 rings (SSSR count). The van der Waals surface area contributed by atoms with Gasteiger partial charge in [0.15, 0.2) is 12.2 Å². The number of ether oxygens (including phenoxy) is 4. The van der Waals surface area contributed by atoms with E-state index in [1.807, 2.05) is 0 Å². The van der Waals surface area contributed by atoms with E-state index in [4.69, 9.17) is 37.0 Å². The van der Waals surface area contributed by atoms with Crippen LogP contribution in [0.4, 0.5) is 0 Å². The molecule has 0 aromatic heterocycles. The highest BCUT2D eigenvalue weighted by molar-refractivity contribution is 7.47. The van der Waals surface area contributed by atoms with Gasteiger partial charge in [-0.15, -0.1) is 0 Å². The van der Waals surface area contributed by atoms with Crippen LogP contribution in [-0.2, 0) is 65.4 Å². The molecule has 0 bridgehead atoms. The monoisotopic (exact) mass is 1450 g/mol. The number of phosphoric ester groups is 2. The molecule has 0 aromatic rings. The maximum Gasteiger partial charge on any atom is 0.472 e. The Kier molecular flexibility index (Phi) is 70.3. The van der Waals surface area contributed by atoms with E-state index in [1.165, 1.54) is 238 Å². The molecule has 2 unspecified atom stereocenters. The molecule has 17 nitrogen and oxygen atoms in total. The Bertz CT molecular complexity index is 1910. The maximum absolute atomic E-state index is 13.1. The van der Waals surface area contributed by atoms with Gasteiger partial charge in [-0.05, 0) is 37.5 Å². The summed E-state index contributed by atoms with van der Waals surface area (Å²) in [5.74, 6) is -0.551. The van der Waals surface area contributed by atoms with E-state index in [0.717, 1.165) is 102 Å². The van der Waals surface area contributed by atoms with Crippen LogP contribution in [0.15, 0.2) is 0 Å². The molecule has 0 aliphatic rings. The largest absolute Gasteiger partial charge is 0.472 e. The number of hydrogen-bond donors (Lipinski definition) is 3. The molecule has 0 amide bonds. The molecule has 0 fully saturated rings. The highest BCUT2D eigenvalue weighted by atomic mass is 31.2. The van der Waals surface area contributed by atoms with Crippen molar-refractivity contribution in [1.29, 1.82) is 0 Å². The van der Waals surface area contributed by atoms with E-state index in [-0.39, 0.29) is 25.7 Å². The number of carbonyl (C=O) groups excluding carboxylic acids is 4. The number of aliphatic hydroxyl groups is 1. The highest BCUT2D eigenvalue weighted by Gasteiger charge is 2.30. The lowest BCUT2D eigenvalue weighted by atomic mass is 10.0. The number of esters is 4. The highest BCUT2D eigenvalue weighted by Crippen LogP contribution is 2.45. The molecule has 588 valence electrons. The van der Waals surface area contributed by atoms with E-state index in [0.29, 0.717) is 25.7 Å². The van der Waals surface area contributed by atoms with Gasteiger partial charge in [0.05, 0.1) is 26.4 Å². The molecular formula is C80H156O17P2. The molecule has 0 spiro atoms. The first kappa shape index (κ1) is 97.1. The Labute approximate surface area is 607 Å². The van der Waals surface area contributed by atoms with Crippen LogP contribution < -0.4 is 0 Å². The van der Waals surface area contributed by atoms with Gasteiger partial charge in [0.25, 0.3) is 0 Å². The Hall–Kier alpha value is -1.94. The van der Waals surface area contributed by atoms with Crippen LogP contribution in [-0.4, -0.2) is 96.7 Å². The third-order valence-corrected chi connectivity index (χ3v) is 20.6. The third kappa shape index (κ3) is 74.1. The summed E-state index contributed by atoms with van der Waals surface area (Å²) in [6.45, 7) is 9.64. The Morgan fingerprint density at radius 3 is 0.687 bits per heavy atom. The lowest BCUT2D eigenvalue weighted by molar-refractivity contribution is -0.161. The first-order chi connectivity index (χ1) is 47.9. The standard InChI is InChI=1S/C80H156O17P2/c1-7-9-11-13-15-17-19-20-21-22-23-24-25-26-34-40-46-52-58-64-79(84)97-76(69-91-78(83)63-57-51-45-39-33-29-27-31-36-42-48-54-60-72(3)4)71-95-99(88,89)93-67-74(81)66-92-98(86,87)94-70-75(68-90-77(82)62-56-50-44-38-18-16-14-12-10-8-2)96-80(85)65-59-53-47-41-35-30-28-32-37-43-49-55-61-73(5)6/h72-76,81H,7-71H2,1-6H3,(H,86,87)(H,88,89)/t74-,75+,76+/m0/s1. The maximum atomic E-state index is 13.1. The minimum atomic E-state index is -4.96. The first-order valence-electron chi connectivity index (χ1n) is 41.5. The quantitative estimate of drug-likeness (QED) is 0.0222. The molecule has 0 aliphatic carbocycles. The normalized spacial score (nSPS) is 13.9. The van der Waals surface area contributed by atoms with Crippen LogP contribution in [0.1, 0.15) is 420 Å². The van der Waals surface area contributed by atoms with Crippen LogP contribution in [0.2, 0.25) is 0 Å². The van der Waals surface area contributed by atoms with E-state index in [2.05, 4.69) is 41.5 Å². The summed E-state index contributed by atoms with van der Waals surface area (Å²) in [7, 11) is -9.92. The summed E-state index contributed by atoms with van der Waals surface area (Å²) in [5, 5.41) is 10.6. The first-order valence-corrected chi connectivity index (χ1v) is 44.5. The van der Waals surface area contributed by atoms with Crippen LogP contribution in [0, 0.1) is 11.8 Å². The van der Waals surface area contributed by atoms with Gasteiger partial charge in [-0.3, -0.25) is 37.3 Å². The summed E-state index contributed by atoms with van der Waals surface area (Å²) in [6.07, 6.45) is 61.0. The zero-order chi connectivity index (χ0) is 72.8. The van der Waals surface area contributed by atoms with Gasteiger partial charge in [-0.25, -0.2) is 9.13 Å². The van der Waals surface area contributed by atoms with Gasteiger partial charge in [0, 0.05) is 25.7 Å². The Morgan fingerprint density at radius 1 is 0.273 bits per heavy atom. The van der Waals surface area contributed by atoms with Crippen LogP contribution in [0.3, 0.4) is 0 Å². The second kappa shape index (κ2) is 71.7. The van der Waals surface area contributed by atoms with E-state index < -0.39 is 97.5 Å². The summed E-state index contributed by atoms with van der Waals surface area (Å²) in [6, 6.07) is 0. The average Bonchev–Trinajstić information content (AvgIpc) is 0.954. The molecule has 99 heavy (non-hydrogen) atoms. The average molecular weight is 1450 g/mol. The molecule has 5 atom stereocenters. The Balaban J connectivity index is 5.24. The van der Waals surface area contributed by atoms with Crippen molar-refractivity contribution in [1.82, 2.24) is 0 Å². The Morgan fingerprint density at radius 2 is 0.465 bits per heavy atom. The van der Waals surface area contributed by atoms with Crippen molar-refractivity contribution < 1.29 is 80.2 Å². The summed E-state index contributed by atoms with van der Waals surface area (Å²) >= 11 is 0. The predicted molar refractivity (Wildman–Crippen MR) is 405 cm³/mol. The molecule has 19 heteroatoms. The van der Waals surface area contributed by atoms with Crippen molar-refractivity contribution in [3.8, 4) is 0 Å². The third-order valence-electron chi connectivity index (χ3n) is 18.7. The molecule has 0 saturated heterocycles. The fourth-order valence-corrected chi connectivity index (χ4v) is 13.9. The zero-order valence-electron chi connectivity index (χ0n) is 64.8. The van der Waals surface area contributed by atoms with Crippen molar-refractivity contribution in [2.24, 2.45) is 11.8 Å². The van der Waals surface area contributed by atoms with Crippen molar-refractivity contribution in [2.75, 3.05) is 39.6 Å². The summed E-state index contributed by atoms with van der Waals surface area (Å²) in [4.78, 5) is 73.0. The van der Waals surface area contributed by atoms with Gasteiger partial charge in [0.1, 0.15) is 19.3 Å². The van der Waals surface area contributed by atoms with Crippen LogP contribution in [0.25, 0.3) is 0 Å². The van der Waals surface area contributed by atoms with Crippen LogP contribution >= 0.6 is 15.6 Å². The van der Waals surface area contributed by atoms with Gasteiger partial charge in [-0.1, -0.05) is 369 Å². The lowest BCUT2D eigenvalue weighted by Crippen LogP contribution is -2.30. The second-order valence-corrected chi connectivity index (χ2v) is 32.7. The fraction of sp³-hybridized carbons (Fsp3) is 0.950. The topological polar surface area (TPSA) is 237 Å². The summed E-state index contributed by atoms with van der Waals surface area (Å²) in [5.41, 5.74) is 0. The molecule has 0 heterocycles. The predicted octanol–water partition coefficient (Wildman–Crippen LogP) is 23.9. The number of rotatable bonds is 79. The van der Waals surface area contributed by atoms with E-state index in [1.54, 1.807) is 0 Å². The molecular weight excluding hydrogens is 1290 g/mol. The SMILES string of the molecule is CCCCCCCCCCCCCCCCCCCCCC(=O)O[C@H](COC(=O)CCCCCCCCCCCCCCC(C)C)COP(=O)(O)OC[C@@H](O)COP(=O)(O)OC[C@@H](COC(=O)CCCCCCCCCCCC)OC(=O)CCCCCCCCCCCCCCC(C)C. The lowest BCUT2D eigenvalue weighted by Gasteiger charge is -2.21. The molecule has 3 N–H and O–H groups in total. The zero-order valence-corrected chi connectivity index (χ0v) is 66.6. The van der Waals surface area contributed by atoms with Crippen molar-refractivity contribution in [3.63, 3.8) is 0 Å². The molecule has 0 aliphatic heterocycles. The minimum Gasteiger partial charge on any atom is -0.462 e. The fourth-order valence-electron chi connectivity index (χ4n) is 12.4. The minimum absolute atomic E-state index is 0.107. The van der Waals surface area contributed by atoms with E-state index in [9.17, 15) is 43.2 Å². The molecule has 0 aromatic carbocycles. The van der Waals surface area contributed by atoms with Gasteiger partial charge >= 0.3 is 39.5 Å². The smallest absolute Gasteiger partial charge is 0.462 e. The summed E-state index contributed by atoms with van der Waals surface area (Å²) < 4.78 is 68.7. The van der Waals surface area contributed by atoms with Crippen molar-refractivity contribution in [3.05, 3.63) is 0 Å². The van der Waals surface area contributed by atoms with Gasteiger partial charge < -0.3 is 33.8 Å². The van der Waals surface area contributed by atoms with Crippen molar-refractivity contribution >= 4 is 39.5 Å². The second-order valence-electron chi connectivity index (χ2n) is 29.8. The van der Waals surface area contributed by atoms with Gasteiger partial charge in [0.2, 0.25) is 0 Å². The number of hydrogen-bond acceptors (Lipinski definition) is 15. The number of phosphoric acid groups is 2. The number of unbranched alkanes of at least 4 members (excludes halogenated alkanes) is 49. The number of carbonyl (C=O) groups is 4. The van der Waals surface area contributed by atoms with Crippen LogP contribution in [0.5, 0.6) is 0 Å². The van der Waals surface area contributed by atoms with E-state index >= 15 is 0 Å². The molecule has 0 radical (unpaired) electrons. The van der Waals surface area contributed by atoms with Gasteiger partial charge in [-0.2, -0.15) is 0 Å².